The number of carbonyl (C=O) groups is 1. The summed E-state index contributed by atoms with van der Waals surface area (Å²) in [4.78, 5) is 35.5. The van der Waals surface area contributed by atoms with Gasteiger partial charge in [0.15, 0.2) is 17.3 Å². The molecule has 4 aromatic rings. The van der Waals surface area contributed by atoms with Gasteiger partial charge >= 0.3 is 0 Å². The third-order valence-corrected chi connectivity index (χ3v) is 6.93. The second-order valence-corrected chi connectivity index (χ2v) is 8.94. The number of ether oxygens (including phenoxy) is 1. The van der Waals surface area contributed by atoms with Crippen LogP contribution in [0.1, 0.15) is 23.7 Å². The predicted octanol–water partition coefficient (Wildman–Crippen LogP) is 3.52. The molecule has 3 aromatic heterocycles. The quantitative estimate of drug-likeness (QED) is 0.472. The zero-order valence-electron chi connectivity index (χ0n) is 17.9. The summed E-state index contributed by atoms with van der Waals surface area (Å²) >= 11 is 1.38. The van der Waals surface area contributed by atoms with Crippen molar-refractivity contribution in [3.63, 3.8) is 0 Å². The van der Waals surface area contributed by atoms with E-state index in [1.165, 1.54) is 17.4 Å². The van der Waals surface area contributed by atoms with Crippen molar-refractivity contribution >= 4 is 49.1 Å². The van der Waals surface area contributed by atoms with Gasteiger partial charge in [0, 0.05) is 26.7 Å². The topological polar surface area (TPSA) is 67.2 Å². The van der Waals surface area contributed by atoms with Crippen LogP contribution in [0.15, 0.2) is 35.1 Å². The minimum absolute atomic E-state index is 0.0662. The molecule has 0 saturated carbocycles. The van der Waals surface area contributed by atoms with Gasteiger partial charge in [-0.05, 0) is 24.6 Å². The van der Waals surface area contributed by atoms with Gasteiger partial charge in [0.25, 0.3) is 5.91 Å². The molecule has 5 rings (SSSR count). The van der Waals surface area contributed by atoms with E-state index in [0.717, 1.165) is 16.6 Å². The van der Waals surface area contributed by atoms with E-state index in [2.05, 4.69) is 4.98 Å². The number of para-hydroxylation sites is 1. The average molecular weight is 455 g/mol. The number of fused-ring (bicyclic) bond motifs is 5. The molecule has 9 heteroatoms. The summed E-state index contributed by atoms with van der Waals surface area (Å²) in [6, 6.07) is 8.90. The van der Waals surface area contributed by atoms with Crippen LogP contribution in [0.25, 0.3) is 26.1 Å². The standard InChI is InChI=1S/C23H23FN4O3S/c1-3-8-26(2)21-15(24)13-14-19(29)18(22(30)27-9-11-31-12-10-27)23-28(20(14)25-21)16-6-4-5-7-17(16)32-23/h4-7,13H,3,8-12H2,1-2H3. The monoisotopic (exact) mass is 454 g/mol. The van der Waals surface area contributed by atoms with Crippen LogP contribution in [0.2, 0.25) is 0 Å². The number of hydrogen-bond acceptors (Lipinski definition) is 6. The van der Waals surface area contributed by atoms with Crippen LogP contribution >= 0.6 is 11.3 Å². The third-order valence-electron chi connectivity index (χ3n) is 5.78. The van der Waals surface area contributed by atoms with Gasteiger partial charge in [0.05, 0.1) is 28.8 Å². The van der Waals surface area contributed by atoms with Crippen molar-refractivity contribution < 1.29 is 13.9 Å². The van der Waals surface area contributed by atoms with Crippen LogP contribution in [0, 0.1) is 5.82 Å². The Labute approximate surface area is 187 Å². The van der Waals surface area contributed by atoms with Crippen molar-refractivity contribution in [1.82, 2.24) is 14.3 Å². The van der Waals surface area contributed by atoms with E-state index in [-0.39, 0.29) is 22.7 Å². The van der Waals surface area contributed by atoms with Gasteiger partial charge in [-0.1, -0.05) is 19.1 Å². The molecule has 1 aliphatic rings. The summed E-state index contributed by atoms with van der Waals surface area (Å²) < 4.78 is 23.1. The molecule has 0 spiro atoms. The lowest BCUT2D eigenvalue weighted by Crippen LogP contribution is -2.42. The normalized spacial score (nSPS) is 14.5. The van der Waals surface area contributed by atoms with Crippen molar-refractivity contribution in [3.8, 4) is 0 Å². The van der Waals surface area contributed by atoms with E-state index >= 15 is 4.39 Å². The van der Waals surface area contributed by atoms with E-state index in [0.29, 0.717) is 43.3 Å². The molecule has 7 nitrogen and oxygen atoms in total. The molecule has 0 N–H and O–H groups in total. The molecule has 166 valence electrons. The Hall–Kier alpha value is -3.04. The van der Waals surface area contributed by atoms with E-state index in [1.807, 2.05) is 35.6 Å². The molecule has 1 amide bonds. The highest BCUT2D eigenvalue weighted by Gasteiger charge is 2.28. The molecule has 32 heavy (non-hydrogen) atoms. The van der Waals surface area contributed by atoms with Crippen molar-refractivity contribution in [2.45, 2.75) is 13.3 Å². The van der Waals surface area contributed by atoms with Gasteiger partial charge in [-0.25, -0.2) is 9.37 Å². The van der Waals surface area contributed by atoms with Crippen LogP contribution in [0.3, 0.4) is 0 Å². The van der Waals surface area contributed by atoms with Crippen LogP contribution in [-0.4, -0.2) is 60.1 Å². The molecular formula is C23H23FN4O3S. The van der Waals surface area contributed by atoms with Crippen LogP contribution < -0.4 is 10.3 Å². The molecule has 0 radical (unpaired) electrons. The highest BCUT2D eigenvalue weighted by Crippen LogP contribution is 2.32. The molecule has 1 saturated heterocycles. The average Bonchev–Trinajstić information content (AvgIpc) is 3.18. The first-order valence-corrected chi connectivity index (χ1v) is 11.5. The second kappa shape index (κ2) is 8.14. The number of halogens is 1. The zero-order chi connectivity index (χ0) is 22.4. The van der Waals surface area contributed by atoms with Crippen LogP contribution in [-0.2, 0) is 4.74 Å². The number of rotatable bonds is 4. The summed E-state index contributed by atoms with van der Waals surface area (Å²) in [5.41, 5.74) is 0.771. The Bertz CT molecular complexity index is 1410. The number of anilines is 1. The van der Waals surface area contributed by atoms with Crippen LogP contribution in [0.5, 0.6) is 0 Å². The molecular weight excluding hydrogens is 431 g/mol. The molecule has 4 heterocycles. The molecule has 0 atom stereocenters. The molecule has 0 bridgehead atoms. The molecule has 1 aromatic carbocycles. The van der Waals surface area contributed by atoms with E-state index in [1.54, 1.807) is 16.8 Å². The summed E-state index contributed by atoms with van der Waals surface area (Å²) in [5, 5.41) is 0.105. The van der Waals surface area contributed by atoms with Crippen molar-refractivity contribution in [3.05, 3.63) is 51.9 Å². The predicted molar refractivity (Wildman–Crippen MR) is 125 cm³/mol. The minimum Gasteiger partial charge on any atom is -0.378 e. The first kappa shape index (κ1) is 20.8. The van der Waals surface area contributed by atoms with Crippen molar-refractivity contribution in [2.24, 2.45) is 0 Å². The summed E-state index contributed by atoms with van der Waals surface area (Å²) in [5.74, 6) is -0.735. The van der Waals surface area contributed by atoms with Gasteiger partial charge in [0.1, 0.15) is 10.4 Å². The number of thiazole rings is 1. The Kier molecular flexibility index (Phi) is 5.30. The lowest BCUT2D eigenvalue weighted by atomic mass is 10.1. The van der Waals surface area contributed by atoms with E-state index in [4.69, 9.17) is 4.74 Å². The maximum absolute atomic E-state index is 15.0. The highest BCUT2D eigenvalue weighted by molar-refractivity contribution is 7.24. The number of pyridine rings is 2. The largest absolute Gasteiger partial charge is 0.378 e. The fourth-order valence-electron chi connectivity index (χ4n) is 4.22. The number of aromatic nitrogens is 2. The smallest absolute Gasteiger partial charge is 0.261 e. The van der Waals surface area contributed by atoms with Gasteiger partial charge in [-0.15, -0.1) is 11.3 Å². The van der Waals surface area contributed by atoms with E-state index in [9.17, 15) is 9.59 Å². The molecule has 0 aliphatic carbocycles. The summed E-state index contributed by atoms with van der Waals surface area (Å²) in [6.07, 6.45) is 0.833. The minimum atomic E-state index is -0.574. The van der Waals surface area contributed by atoms with Crippen LogP contribution in [0.4, 0.5) is 10.2 Å². The number of amides is 1. The van der Waals surface area contributed by atoms with Gasteiger partial charge < -0.3 is 14.5 Å². The Morgan fingerprint density at radius 2 is 2.03 bits per heavy atom. The number of morpholine rings is 1. The van der Waals surface area contributed by atoms with Gasteiger partial charge in [0.2, 0.25) is 5.43 Å². The van der Waals surface area contributed by atoms with E-state index < -0.39 is 11.2 Å². The van der Waals surface area contributed by atoms with Crippen molar-refractivity contribution in [1.29, 1.82) is 0 Å². The SMILES string of the molecule is CCCN(C)c1nc2c(cc1F)c(=O)c(C(=O)N1CCOCC1)c1sc3ccccc3n12. The summed E-state index contributed by atoms with van der Waals surface area (Å²) in [7, 11) is 1.78. The number of carbonyl (C=O) groups excluding carboxylic acids is 1. The number of hydrogen-bond donors (Lipinski definition) is 0. The summed E-state index contributed by atoms with van der Waals surface area (Å²) in [6.45, 7) is 4.33. The maximum atomic E-state index is 15.0. The maximum Gasteiger partial charge on any atom is 0.261 e. The molecule has 1 fully saturated rings. The Morgan fingerprint density at radius 3 is 2.78 bits per heavy atom. The lowest BCUT2D eigenvalue weighted by Gasteiger charge is -2.27. The fraction of sp³-hybridized carbons (Fsp3) is 0.348. The number of benzene rings is 1. The highest BCUT2D eigenvalue weighted by atomic mass is 32.1. The van der Waals surface area contributed by atoms with Gasteiger partial charge in [-0.2, -0.15) is 0 Å². The van der Waals surface area contributed by atoms with Crippen molar-refractivity contribution in [2.75, 3.05) is 44.8 Å². The second-order valence-electron chi connectivity index (χ2n) is 7.91. The molecule has 1 aliphatic heterocycles. The lowest BCUT2D eigenvalue weighted by molar-refractivity contribution is 0.0303. The zero-order valence-corrected chi connectivity index (χ0v) is 18.7. The number of nitrogens with zero attached hydrogens (tertiary/aromatic N) is 4. The Balaban J connectivity index is 1.87. The first-order chi connectivity index (χ1) is 15.5. The molecule has 0 unspecified atom stereocenters. The fourth-order valence-corrected chi connectivity index (χ4v) is 5.40. The Morgan fingerprint density at radius 1 is 1.28 bits per heavy atom. The third kappa shape index (κ3) is 3.23. The first-order valence-electron chi connectivity index (χ1n) is 10.7. The van der Waals surface area contributed by atoms with Gasteiger partial charge in [-0.3, -0.25) is 14.0 Å².